The van der Waals surface area contributed by atoms with Gasteiger partial charge in [-0.25, -0.2) is 0 Å². The van der Waals surface area contributed by atoms with Crippen LogP contribution in [0.3, 0.4) is 0 Å². The molecule has 0 bridgehead atoms. The van der Waals surface area contributed by atoms with Crippen molar-refractivity contribution in [3.05, 3.63) is 34.5 Å². The van der Waals surface area contributed by atoms with Crippen LogP contribution in [0.4, 0.5) is 0 Å². The summed E-state index contributed by atoms with van der Waals surface area (Å²) in [5.41, 5.74) is 3.40. The first-order valence-electron chi connectivity index (χ1n) is 8.32. The molecule has 2 N–H and O–H groups in total. The fourth-order valence-corrected chi connectivity index (χ4v) is 3.65. The molecule has 1 aliphatic heterocycles. The molecule has 2 atom stereocenters. The van der Waals surface area contributed by atoms with E-state index in [0.29, 0.717) is 19.2 Å². The molecular weight excluding hydrogens is 312 g/mol. The van der Waals surface area contributed by atoms with E-state index in [1.165, 1.54) is 5.56 Å². The van der Waals surface area contributed by atoms with Crippen LogP contribution in [-0.4, -0.2) is 41.6 Å². The quantitative estimate of drug-likeness (QED) is 0.852. The van der Waals surface area contributed by atoms with Crippen molar-refractivity contribution >= 4 is 22.5 Å². The van der Waals surface area contributed by atoms with E-state index in [2.05, 4.69) is 29.8 Å². The van der Waals surface area contributed by atoms with Gasteiger partial charge < -0.3 is 19.7 Å². The van der Waals surface area contributed by atoms with Crippen molar-refractivity contribution in [1.29, 1.82) is 0 Å². The van der Waals surface area contributed by atoms with Gasteiger partial charge in [-0.3, -0.25) is 0 Å². The van der Waals surface area contributed by atoms with E-state index in [9.17, 15) is 5.11 Å². The standard InChI is InChI=1S/C18H25ClN2O2/c1-12-13(2)21(18-16(12)6-3-7-17(18)19)11-14(22)9-20-10-15-5-4-8-23-15/h3,6-7,14-15,20,22H,4-5,8-11H2,1-2H3/t14-,15+/m1/s1. The van der Waals surface area contributed by atoms with Crippen molar-refractivity contribution in [3.8, 4) is 0 Å². The number of aliphatic hydroxyl groups excluding tert-OH is 1. The van der Waals surface area contributed by atoms with Crippen LogP contribution in [0, 0.1) is 13.8 Å². The fraction of sp³-hybridized carbons (Fsp3) is 0.556. The van der Waals surface area contributed by atoms with Gasteiger partial charge in [-0.2, -0.15) is 0 Å². The van der Waals surface area contributed by atoms with Crippen LogP contribution in [0.5, 0.6) is 0 Å². The number of hydrogen-bond donors (Lipinski definition) is 2. The molecule has 1 aromatic carbocycles. The molecule has 0 spiro atoms. The van der Waals surface area contributed by atoms with Gasteiger partial charge in [-0.1, -0.05) is 23.7 Å². The molecule has 0 saturated carbocycles. The molecule has 3 rings (SSSR count). The van der Waals surface area contributed by atoms with E-state index in [4.69, 9.17) is 16.3 Å². The van der Waals surface area contributed by atoms with E-state index in [0.717, 1.165) is 47.6 Å². The number of aliphatic hydroxyl groups is 1. The molecule has 1 saturated heterocycles. The maximum absolute atomic E-state index is 10.4. The summed E-state index contributed by atoms with van der Waals surface area (Å²) in [4.78, 5) is 0. The van der Waals surface area contributed by atoms with Gasteiger partial charge in [0.1, 0.15) is 0 Å². The molecule has 1 aromatic heterocycles. The Balaban J connectivity index is 1.67. The van der Waals surface area contributed by atoms with Crippen LogP contribution in [0.1, 0.15) is 24.1 Å². The average molecular weight is 337 g/mol. The largest absolute Gasteiger partial charge is 0.390 e. The molecule has 1 fully saturated rings. The van der Waals surface area contributed by atoms with Gasteiger partial charge in [0, 0.05) is 30.8 Å². The first kappa shape index (κ1) is 16.8. The average Bonchev–Trinajstić information content (AvgIpc) is 3.12. The van der Waals surface area contributed by atoms with E-state index in [-0.39, 0.29) is 0 Å². The van der Waals surface area contributed by atoms with Crippen molar-refractivity contribution < 1.29 is 9.84 Å². The number of aromatic nitrogens is 1. The summed E-state index contributed by atoms with van der Waals surface area (Å²) in [5, 5.41) is 15.6. The van der Waals surface area contributed by atoms with Crippen LogP contribution in [-0.2, 0) is 11.3 Å². The van der Waals surface area contributed by atoms with E-state index >= 15 is 0 Å². The molecule has 23 heavy (non-hydrogen) atoms. The smallest absolute Gasteiger partial charge is 0.0843 e. The van der Waals surface area contributed by atoms with Crippen LogP contribution < -0.4 is 5.32 Å². The molecule has 5 heteroatoms. The number of benzene rings is 1. The minimum Gasteiger partial charge on any atom is -0.390 e. The molecule has 0 aliphatic carbocycles. The number of halogens is 1. The first-order valence-corrected chi connectivity index (χ1v) is 8.70. The highest BCUT2D eigenvalue weighted by atomic mass is 35.5. The molecular formula is C18H25ClN2O2. The summed E-state index contributed by atoms with van der Waals surface area (Å²) < 4.78 is 7.71. The minimum atomic E-state index is -0.457. The summed E-state index contributed by atoms with van der Waals surface area (Å²) in [6.07, 6.45) is 2.09. The summed E-state index contributed by atoms with van der Waals surface area (Å²) in [7, 11) is 0. The van der Waals surface area contributed by atoms with Crippen molar-refractivity contribution in [3.63, 3.8) is 0 Å². The molecule has 0 amide bonds. The second-order valence-corrected chi connectivity index (χ2v) is 6.81. The monoisotopic (exact) mass is 336 g/mol. The van der Waals surface area contributed by atoms with Gasteiger partial charge in [0.25, 0.3) is 0 Å². The highest BCUT2D eigenvalue weighted by Crippen LogP contribution is 2.30. The zero-order valence-corrected chi connectivity index (χ0v) is 14.6. The number of hydrogen-bond acceptors (Lipinski definition) is 3. The lowest BCUT2D eigenvalue weighted by Crippen LogP contribution is -2.35. The third-order valence-corrected chi connectivity index (χ3v) is 5.08. The number of aryl methyl sites for hydroxylation is 1. The SMILES string of the molecule is Cc1c(C)n(C[C@H](O)CNC[C@@H]2CCCO2)c2c(Cl)cccc12. The Morgan fingerprint density at radius 1 is 1.43 bits per heavy atom. The molecule has 1 aliphatic rings. The third-order valence-electron chi connectivity index (χ3n) is 4.78. The van der Waals surface area contributed by atoms with Crippen LogP contribution in [0.2, 0.25) is 5.02 Å². The summed E-state index contributed by atoms with van der Waals surface area (Å²) in [6.45, 7) is 6.95. The maximum atomic E-state index is 10.4. The molecule has 2 heterocycles. The second-order valence-electron chi connectivity index (χ2n) is 6.40. The normalized spacial score (nSPS) is 19.6. The number of ether oxygens (including phenoxy) is 1. The lowest BCUT2D eigenvalue weighted by atomic mass is 10.2. The van der Waals surface area contributed by atoms with Crippen LogP contribution in [0.15, 0.2) is 18.2 Å². The Labute approximate surface area is 142 Å². The van der Waals surface area contributed by atoms with Gasteiger partial charge in [0.05, 0.1) is 29.3 Å². The molecule has 0 radical (unpaired) electrons. The minimum absolute atomic E-state index is 0.299. The highest BCUT2D eigenvalue weighted by molar-refractivity contribution is 6.35. The summed E-state index contributed by atoms with van der Waals surface area (Å²) >= 11 is 6.39. The second kappa shape index (κ2) is 7.22. The van der Waals surface area contributed by atoms with Gasteiger partial charge >= 0.3 is 0 Å². The van der Waals surface area contributed by atoms with E-state index < -0.39 is 6.10 Å². The Hall–Kier alpha value is -1.07. The van der Waals surface area contributed by atoms with Gasteiger partial charge in [-0.05, 0) is 38.3 Å². The fourth-order valence-electron chi connectivity index (χ4n) is 3.38. The Kier molecular flexibility index (Phi) is 5.27. The van der Waals surface area contributed by atoms with Gasteiger partial charge in [-0.15, -0.1) is 0 Å². The predicted octanol–water partition coefficient (Wildman–Crippen LogP) is 3.04. The zero-order chi connectivity index (χ0) is 16.4. The number of para-hydroxylation sites is 1. The predicted molar refractivity (Wildman–Crippen MR) is 94.3 cm³/mol. The van der Waals surface area contributed by atoms with Crippen LogP contribution in [0.25, 0.3) is 10.9 Å². The third kappa shape index (κ3) is 3.56. The van der Waals surface area contributed by atoms with Crippen molar-refractivity contribution in [2.45, 2.75) is 45.4 Å². The van der Waals surface area contributed by atoms with Gasteiger partial charge in [0.15, 0.2) is 0 Å². The lowest BCUT2D eigenvalue weighted by molar-refractivity contribution is 0.101. The molecule has 126 valence electrons. The zero-order valence-electron chi connectivity index (χ0n) is 13.8. The van der Waals surface area contributed by atoms with Crippen molar-refractivity contribution in [1.82, 2.24) is 9.88 Å². The van der Waals surface area contributed by atoms with Crippen molar-refractivity contribution in [2.75, 3.05) is 19.7 Å². The summed E-state index contributed by atoms with van der Waals surface area (Å²) in [5.74, 6) is 0. The molecule has 2 aromatic rings. The van der Waals surface area contributed by atoms with Gasteiger partial charge in [0.2, 0.25) is 0 Å². The van der Waals surface area contributed by atoms with Crippen molar-refractivity contribution in [2.24, 2.45) is 0 Å². The number of rotatable bonds is 6. The van der Waals surface area contributed by atoms with E-state index in [1.54, 1.807) is 0 Å². The number of nitrogens with zero attached hydrogens (tertiary/aromatic N) is 1. The number of nitrogens with one attached hydrogen (secondary N) is 1. The Morgan fingerprint density at radius 3 is 3.00 bits per heavy atom. The first-order chi connectivity index (χ1) is 11.1. The van der Waals surface area contributed by atoms with E-state index in [1.807, 2.05) is 12.1 Å². The number of fused-ring (bicyclic) bond motifs is 1. The molecule has 4 nitrogen and oxygen atoms in total. The summed E-state index contributed by atoms with van der Waals surface area (Å²) in [6, 6.07) is 5.96. The highest BCUT2D eigenvalue weighted by Gasteiger charge is 2.18. The maximum Gasteiger partial charge on any atom is 0.0843 e. The van der Waals surface area contributed by atoms with Crippen LogP contribution >= 0.6 is 11.6 Å². The topological polar surface area (TPSA) is 46.4 Å². The molecule has 0 unspecified atom stereocenters. The lowest BCUT2D eigenvalue weighted by Gasteiger charge is -2.17. The Bertz CT molecular complexity index is 677. The Morgan fingerprint density at radius 2 is 2.26 bits per heavy atom.